The van der Waals surface area contributed by atoms with E-state index >= 15 is 0 Å². The SMILES string of the molecule is CNC(=O)c1ccc(N2CCNC(=O)C2(C)C)c(N)c1. The number of piperazine rings is 1. The van der Waals surface area contributed by atoms with E-state index in [0.29, 0.717) is 24.3 Å². The number of hydrogen-bond donors (Lipinski definition) is 3. The van der Waals surface area contributed by atoms with E-state index in [1.54, 1.807) is 25.2 Å². The Morgan fingerprint density at radius 1 is 1.45 bits per heavy atom. The van der Waals surface area contributed by atoms with Crippen molar-refractivity contribution in [3.05, 3.63) is 23.8 Å². The summed E-state index contributed by atoms with van der Waals surface area (Å²) in [4.78, 5) is 25.5. The summed E-state index contributed by atoms with van der Waals surface area (Å²) in [5.41, 5.74) is 7.17. The van der Waals surface area contributed by atoms with E-state index in [2.05, 4.69) is 10.6 Å². The molecule has 0 unspecified atom stereocenters. The molecular weight excluding hydrogens is 256 g/mol. The molecule has 1 heterocycles. The summed E-state index contributed by atoms with van der Waals surface area (Å²) in [5, 5.41) is 5.40. The van der Waals surface area contributed by atoms with Crippen LogP contribution in [0.4, 0.5) is 11.4 Å². The van der Waals surface area contributed by atoms with Gasteiger partial charge in [-0.3, -0.25) is 9.59 Å². The van der Waals surface area contributed by atoms with Gasteiger partial charge >= 0.3 is 0 Å². The molecule has 0 aliphatic carbocycles. The van der Waals surface area contributed by atoms with Crippen LogP contribution in [0.15, 0.2) is 18.2 Å². The van der Waals surface area contributed by atoms with Gasteiger partial charge in [0.2, 0.25) is 5.91 Å². The van der Waals surface area contributed by atoms with Crippen molar-refractivity contribution in [1.82, 2.24) is 10.6 Å². The number of carbonyl (C=O) groups is 2. The predicted octanol–water partition coefficient (Wildman–Crippen LogP) is 0.343. The van der Waals surface area contributed by atoms with Gasteiger partial charge in [-0.05, 0) is 32.0 Å². The summed E-state index contributed by atoms with van der Waals surface area (Å²) in [6.07, 6.45) is 0. The molecule has 108 valence electrons. The molecule has 0 spiro atoms. The van der Waals surface area contributed by atoms with Crippen LogP contribution in [0.5, 0.6) is 0 Å². The van der Waals surface area contributed by atoms with E-state index < -0.39 is 5.54 Å². The first kappa shape index (κ1) is 14.2. The van der Waals surface area contributed by atoms with Crippen molar-refractivity contribution in [3.8, 4) is 0 Å². The molecule has 1 fully saturated rings. The van der Waals surface area contributed by atoms with Gasteiger partial charge in [0, 0.05) is 25.7 Å². The lowest BCUT2D eigenvalue weighted by molar-refractivity contribution is -0.126. The van der Waals surface area contributed by atoms with Crippen LogP contribution in [0.25, 0.3) is 0 Å². The minimum Gasteiger partial charge on any atom is -0.397 e. The lowest BCUT2D eigenvalue weighted by atomic mass is 9.97. The fraction of sp³-hybridized carbons (Fsp3) is 0.429. The minimum atomic E-state index is -0.666. The van der Waals surface area contributed by atoms with Crippen molar-refractivity contribution in [2.45, 2.75) is 19.4 Å². The van der Waals surface area contributed by atoms with Crippen LogP contribution >= 0.6 is 0 Å². The number of nitrogen functional groups attached to an aromatic ring is 1. The zero-order chi connectivity index (χ0) is 14.9. The van der Waals surface area contributed by atoms with Crippen LogP contribution in [-0.4, -0.2) is 37.5 Å². The van der Waals surface area contributed by atoms with Crippen LogP contribution in [0.1, 0.15) is 24.2 Å². The van der Waals surface area contributed by atoms with Crippen molar-refractivity contribution < 1.29 is 9.59 Å². The van der Waals surface area contributed by atoms with Crippen molar-refractivity contribution >= 4 is 23.2 Å². The lowest BCUT2D eigenvalue weighted by Gasteiger charge is -2.43. The second kappa shape index (κ2) is 5.03. The summed E-state index contributed by atoms with van der Waals surface area (Å²) >= 11 is 0. The quantitative estimate of drug-likeness (QED) is 0.680. The number of nitrogens with zero attached hydrogens (tertiary/aromatic N) is 1. The molecule has 1 aromatic carbocycles. The van der Waals surface area contributed by atoms with E-state index in [0.717, 1.165) is 5.69 Å². The lowest BCUT2D eigenvalue weighted by Crippen LogP contribution is -2.62. The highest BCUT2D eigenvalue weighted by molar-refractivity contribution is 5.97. The summed E-state index contributed by atoms with van der Waals surface area (Å²) in [7, 11) is 1.57. The van der Waals surface area contributed by atoms with Gasteiger partial charge in [-0.15, -0.1) is 0 Å². The molecule has 1 aliphatic rings. The normalized spacial score (nSPS) is 17.6. The smallest absolute Gasteiger partial charge is 0.251 e. The van der Waals surface area contributed by atoms with Crippen LogP contribution in [0, 0.1) is 0 Å². The number of carbonyl (C=O) groups excluding carboxylic acids is 2. The molecule has 0 atom stereocenters. The van der Waals surface area contributed by atoms with Gasteiger partial charge in [0.05, 0.1) is 11.4 Å². The third kappa shape index (κ3) is 2.29. The third-order valence-corrected chi connectivity index (χ3v) is 3.66. The summed E-state index contributed by atoms with van der Waals surface area (Å²) in [5.74, 6) is -0.211. The number of hydrogen-bond acceptors (Lipinski definition) is 4. The maximum absolute atomic E-state index is 12.0. The molecule has 20 heavy (non-hydrogen) atoms. The van der Waals surface area contributed by atoms with Crippen molar-refractivity contribution in [2.24, 2.45) is 0 Å². The van der Waals surface area contributed by atoms with Gasteiger partial charge in [0.25, 0.3) is 5.91 Å². The molecule has 0 aromatic heterocycles. The molecule has 1 aliphatic heterocycles. The molecule has 0 radical (unpaired) electrons. The second-order valence-electron chi connectivity index (χ2n) is 5.32. The minimum absolute atomic E-state index is 0.0291. The van der Waals surface area contributed by atoms with Gasteiger partial charge in [-0.25, -0.2) is 0 Å². The number of benzene rings is 1. The van der Waals surface area contributed by atoms with Crippen LogP contribution in [-0.2, 0) is 4.79 Å². The first-order valence-corrected chi connectivity index (χ1v) is 6.55. The Labute approximate surface area is 118 Å². The van der Waals surface area contributed by atoms with Crippen molar-refractivity contribution in [1.29, 1.82) is 0 Å². The van der Waals surface area contributed by atoms with E-state index in [4.69, 9.17) is 5.73 Å². The highest BCUT2D eigenvalue weighted by Crippen LogP contribution is 2.31. The number of anilines is 2. The first-order valence-electron chi connectivity index (χ1n) is 6.55. The Bertz CT molecular complexity index is 554. The third-order valence-electron chi connectivity index (χ3n) is 3.66. The Hall–Kier alpha value is -2.24. The van der Waals surface area contributed by atoms with Crippen LogP contribution < -0.4 is 21.3 Å². The second-order valence-corrected chi connectivity index (χ2v) is 5.32. The van der Waals surface area contributed by atoms with Crippen molar-refractivity contribution in [2.75, 3.05) is 30.8 Å². The first-order chi connectivity index (χ1) is 9.37. The van der Waals surface area contributed by atoms with E-state index in [1.807, 2.05) is 18.7 Å². The maximum atomic E-state index is 12.0. The number of rotatable bonds is 2. The van der Waals surface area contributed by atoms with E-state index in [9.17, 15) is 9.59 Å². The van der Waals surface area contributed by atoms with Gasteiger partial charge in [-0.1, -0.05) is 0 Å². The summed E-state index contributed by atoms with van der Waals surface area (Å²) < 4.78 is 0. The average molecular weight is 276 g/mol. The Balaban J connectivity index is 2.38. The van der Waals surface area contributed by atoms with Crippen molar-refractivity contribution in [3.63, 3.8) is 0 Å². The number of nitrogens with one attached hydrogen (secondary N) is 2. The Morgan fingerprint density at radius 2 is 2.15 bits per heavy atom. The monoisotopic (exact) mass is 276 g/mol. The molecule has 1 saturated heterocycles. The average Bonchev–Trinajstić information content (AvgIpc) is 2.41. The molecule has 6 nitrogen and oxygen atoms in total. The Morgan fingerprint density at radius 3 is 2.75 bits per heavy atom. The van der Waals surface area contributed by atoms with Crippen LogP contribution in [0.3, 0.4) is 0 Å². The highest BCUT2D eigenvalue weighted by atomic mass is 16.2. The van der Waals surface area contributed by atoms with Gasteiger partial charge < -0.3 is 21.3 Å². The van der Waals surface area contributed by atoms with Gasteiger partial charge in [0.15, 0.2) is 0 Å². The zero-order valence-electron chi connectivity index (χ0n) is 12.0. The maximum Gasteiger partial charge on any atom is 0.251 e. The molecule has 2 rings (SSSR count). The molecule has 6 heteroatoms. The molecular formula is C14H20N4O2. The summed E-state index contributed by atoms with van der Waals surface area (Å²) in [6, 6.07) is 5.14. The molecule has 2 amide bonds. The topological polar surface area (TPSA) is 87.5 Å². The summed E-state index contributed by atoms with van der Waals surface area (Å²) in [6.45, 7) is 4.97. The zero-order valence-corrected chi connectivity index (χ0v) is 12.0. The predicted molar refractivity (Wildman–Crippen MR) is 78.7 cm³/mol. The van der Waals surface area contributed by atoms with E-state index in [1.165, 1.54) is 0 Å². The fourth-order valence-electron chi connectivity index (χ4n) is 2.41. The van der Waals surface area contributed by atoms with E-state index in [-0.39, 0.29) is 11.8 Å². The van der Waals surface area contributed by atoms with Gasteiger partial charge in [0.1, 0.15) is 5.54 Å². The molecule has 1 aromatic rings. The van der Waals surface area contributed by atoms with Crippen LogP contribution in [0.2, 0.25) is 0 Å². The molecule has 4 N–H and O–H groups in total. The number of nitrogens with two attached hydrogens (primary N) is 1. The fourth-order valence-corrected chi connectivity index (χ4v) is 2.41. The standard InChI is InChI=1S/C14H20N4O2/c1-14(2)13(20)17-6-7-18(14)11-5-4-9(8-10(11)15)12(19)16-3/h4-5,8H,6-7,15H2,1-3H3,(H,16,19)(H,17,20). The Kier molecular flexibility index (Phi) is 3.57. The highest BCUT2D eigenvalue weighted by Gasteiger charge is 2.38. The number of amides is 2. The molecule has 0 saturated carbocycles. The molecule has 0 bridgehead atoms. The van der Waals surface area contributed by atoms with Gasteiger partial charge in [-0.2, -0.15) is 0 Å². The largest absolute Gasteiger partial charge is 0.397 e.